The van der Waals surface area contributed by atoms with Crippen LogP contribution in [-0.2, 0) is 13.1 Å². The molecule has 2 aromatic heterocycles. The Morgan fingerprint density at radius 1 is 1.20 bits per heavy atom. The largest absolute Gasteiger partial charge is 0.421 e. The minimum atomic E-state index is 0.0733. The molecule has 108 valence electrons. The number of hydrogen-bond donors (Lipinski definition) is 1. The monoisotopic (exact) mass is 275 g/mol. The molecule has 0 aromatic carbocycles. The maximum Gasteiger partial charge on any atom is 0.321 e. The SMILES string of the molecule is CCn1cc(Oc2ncc(CNC(C)(C)C)cn2)cn1. The van der Waals surface area contributed by atoms with E-state index in [-0.39, 0.29) is 5.54 Å². The van der Waals surface area contributed by atoms with Crippen molar-refractivity contribution in [3.05, 3.63) is 30.4 Å². The summed E-state index contributed by atoms with van der Waals surface area (Å²) in [5.74, 6) is 0.646. The zero-order chi connectivity index (χ0) is 14.6. The summed E-state index contributed by atoms with van der Waals surface area (Å²) in [6.45, 7) is 9.92. The molecule has 0 unspecified atom stereocenters. The van der Waals surface area contributed by atoms with Crippen molar-refractivity contribution in [3.8, 4) is 11.8 Å². The highest BCUT2D eigenvalue weighted by Gasteiger charge is 2.09. The standard InChI is InChI=1S/C14H21N5O/c1-5-19-10-12(9-18-19)20-13-15-6-11(7-16-13)8-17-14(2,3)4/h6-7,9-10,17H,5,8H2,1-4H3. The molecule has 2 heterocycles. The fourth-order valence-electron chi connectivity index (χ4n) is 1.53. The van der Waals surface area contributed by atoms with Crippen LogP contribution in [-0.4, -0.2) is 25.3 Å². The van der Waals surface area contributed by atoms with E-state index in [1.807, 2.05) is 13.1 Å². The molecule has 6 heteroatoms. The molecule has 0 saturated carbocycles. The van der Waals surface area contributed by atoms with Crippen LogP contribution < -0.4 is 10.1 Å². The first-order chi connectivity index (χ1) is 9.46. The maximum absolute atomic E-state index is 5.54. The molecule has 0 spiro atoms. The Kier molecular flexibility index (Phi) is 4.34. The van der Waals surface area contributed by atoms with Crippen LogP contribution in [0.15, 0.2) is 24.8 Å². The second-order valence-electron chi connectivity index (χ2n) is 5.61. The third-order valence-corrected chi connectivity index (χ3v) is 2.65. The van der Waals surface area contributed by atoms with Gasteiger partial charge in [-0.25, -0.2) is 9.97 Å². The van der Waals surface area contributed by atoms with Gasteiger partial charge in [0.2, 0.25) is 0 Å². The molecule has 0 saturated heterocycles. The predicted molar refractivity (Wildman–Crippen MR) is 76.6 cm³/mol. The Balaban J connectivity index is 1.94. The number of ether oxygens (including phenoxy) is 1. The van der Waals surface area contributed by atoms with Gasteiger partial charge in [0.05, 0.1) is 12.4 Å². The van der Waals surface area contributed by atoms with E-state index in [1.165, 1.54) is 0 Å². The van der Waals surface area contributed by atoms with Crippen molar-refractivity contribution >= 4 is 0 Å². The summed E-state index contributed by atoms with van der Waals surface area (Å²) < 4.78 is 7.32. The average molecular weight is 275 g/mol. The van der Waals surface area contributed by atoms with E-state index >= 15 is 0 Å². The Hall–Kier alpha value is -1.95. The summed E-state index contributed by atoms with van der Waals surface area (Å²) in [4.78, 5) is 8.40. The molecule has 0 radical (unpaired) electrons. The number of aryl methyl sites for hydroxylation is 1. The van der Waals surface area contributed by atoms with Crippen molar-refractivity contribution in [3.63, 3.8) is 0 Å². The van der Waals surface area contributed by atoms with Gasteiger partial charge in [-0.2, -0.15) is 5.10 Å². The Morgan fingerprint density at radius 3 is 2.45 bits per heavy atom. The van der Waals surface area contributed by atoms with Crippen molar-refractivity contribution in [2.24, 2.45) is 0 Å². The average Bonchev–Trinajstić information content (AvgIpc) is 2.85. The molecule has 0 amide bonds. The molecule has 0 atom stereocenters. The molecule has 0 aliphatic carbocycles. The highest BCUT2D eigenvalue weighted by Crippen LogP contribution is 2.16. The van der Waals surface area contributed by atoms with Crippen molar-refractivity contribution < 1.29 is 4.74 Å². The molecule has 6 nitrogen and oxygen atoms in total. The van der Waals surface area contributed by atoms with Crippen LogP contribution >= 0.6 is 0 Å². The van der Waals surface area contributed by atoms with Crippen LogP contribution in [0.25, 0.3) is 0 Å². The zero-order valence-corrected chi connectivity index (χ0v) is 12.4. The van der Waals surface area contributed by atoms with Gasteiger partial charge in [0, 0.05) is 36.6 Å². The number of aromatic nitrogens is 4. The van der Waals surface area contributed by atoms with E-state index in [0.29, 0.717) is 11.8 Å². The van der Waals surface area contributed by atoms with Crippen LogP contribution in [0.2, 0.25) is 0 Å². The Labute approximate surface area is 119 Å². The van der Waals surface area contributed by atoms with Gasteiger partial charge in [-0.1, -0.05) is 0 Å². The lowest BCUT2D eigenvalue weighted by atomic mass is 10.1. The summed E-state index contributed by atoms with van der Waals surface area (Å²) >= 11 is 0. The lowest BCUT2D eigenvalue weighted by Crippen LogP contribution is -2.35. The maximum atomic E-state index is 5.54. The van der Waals surface area contributed by atoms with E-state index in [9.17, 15) is 0 Å². The molecule has 2 aromatic rings. The summed E-state index contributed by atoms with van der Waals surface area (Å²) in [5, 5.41) is 7.52. The highest BCUT2D eigenvalue weighted by atomic mass is 16.5. The first-order valence-electron chi connectivity index (χ1n) is 6.72. The molecule has 0 fully saturated rings. The molecular formula is C14H21N5O. The first kappa shape index (κ1) is 14.5. The van der Waals surface area contributed by atoms with Gasteiger partial charge in [-0.05, 0) is 27.7 Å². The fraction of sp³-hybridized carbons (Fsp3) is 0.500. The molecule has 20 heavy (non-hydrogen) atoms. The minimum absolute atomic E-state index is 0.0733. The van der Waals surface area contributed by atoms with Gasteiger partial charge in [-0.3, -0.25) is 4.68 Å². The van der Waals surface area contributed by atoms with Crippen molar-refractivity contribution in [1.82, 2.24) is 25.1 Å². The third kappa shape index (κ3) is 4.31. The van der Waals surface area contributed by atoms with Gasteiger partial charge in [0.1, 0.15) is 0 Å². The number of rotatable bonds is 5. The van der Waals surface area contributed by atoms with Gasteiger partial charge in [0.15, 0.2) is 5.75 Å². The number of nitrogens with zero attached hydrogens (tertiary/aromatic N) is 4. The molecule has 2 rings (SSSR count). The van der Waals surface area contributed by atoms with E-state index < -0.39 is 0 Å². The predicted octanol–water partition coefficient (Wildman–Crippen LogP) is 2.37. The first-order valence-corrected chi connectivity index (χ1v) is 6.72. The second kappa shape index (κ2) is 6.00. The Bertz CT molecular complexity index is 541. The molecule has 0 aliphatic heterocycles. The Morgan fingerprint density at radius 2 is 1.90 bits per heavy atom. The molecule has 0 bridgehead atoms. The van der Waals surface area contributed by atoms with Gasteiger partial charge >= 0.3 is 6.01 Å². The highest BCUT2D eigenvalue weighted by molar-refractivity contribution is 5.18. The topological polar surface area (TPSA) is 64.9 Å². The molecule has 0 aliphatic rings. The van der Waals surface area contributed by atoms with E-state index in [4.69, 9.17) is 4.74 Å². The third-order valence-electron chi connectivity index (χ3n) is 2.65. The molecule has 1 N–H and O–H groups in total. The van der Waals surface area contributed by atoms with E-state index in [2.05, 4.69) is 41.2 Å². The lowest BCUT2D eigenvalue weighted by Gasteiger charge is -2.20. The fourth-order valence-corrected chi connectivity index (χ4v) is 1.53. The van der Waals surface area contributed by atoms with Gasteiger partial charge in [-0.15, -0.1) is 0 Å². The quantitative estimate of drug-likeness (QED) is 0.907. The molecular weight excluding hydrogens is 254 g/mol. The normalized spacial score (nSPS) is 11.6. The zero-order valence-electron chi connectivity index (χ0n) is 12.4. The smallest absolute Gasteiger partial charge is 0.321 e. The number of nitrogens with one attached hydrogen (secondary N) is 1. The van der Waals surface area contributed by atoms with Crippen LogP contribution in [0.1, 0.15) is 33.3 Å². The van der Waals surface area contributed by atoms with Crippen molar-refractivity contribution in [1.29, 1.82) is 0 Å². The van der Waals surface area contributed by atoms with Crippen molar-refractivity contribution in [2.45, 2.75) is 46.3 Å². The van der Waals surface area contributed by atoms with Gasteiger partial charge < -0.3 is 10.1 Å². The van der Waals surface area contributed by atoms with E-state index in [1.54, 1.807) is 23.3 Å². The summed E-state index contributed by atoms with van der Waals surface area (Å²) in [6, 6.07) is 0.333. The lowest BCUT2D eigenvalue weighted by molar-refractivity contribution is 0.419. The summed E-state index contributed by atoms with van der Waals surface area (Å²) in [5.41, 5.74) is 1.10. The number of hydrogen-bond acceptors (Lipinski definition) is 5. The minimum Gasteiger partial charge on any atom is -0.421 e. The summed E-state index contributed by atoms with van der Waals surface area (Å²) in [7, 11) is 0. The van der Waals surface area contributed by atoms with Crippen LogP contribution in [0.4, 0.5) is 0 Å². The van der Waals surface area contributed by atoms with E-state index in [0.717, 1.165) is 18.7 Å². The summed E-state index contributed by atoms with van der Waals surface area (Å²) in [6.07, 6.45) is 7.01. The van der Waals surface area contributed by atoms with Crippen LogP contribution in [0, 0.1) is 0 Å². The van der Waals surface area contributed by atoms with Crippen LogP contribution in [0.3, 0.4) is 0 Å². The van der Waals surface area contributed by atoms with Crippen molar-refractivity contribution in [2.75, 3.05) is 0 Å². The van der Waals surface area contributed by atoms with Gasteiger partial charge in [0.25, 0.3) is 0 Å². The second-order valence-corrected chi connectivity index (χ2v) is 5.61. The van der Waals surface area contributed by atoms with Crippen LogP contribution in [0.5, 0.6) is 11.8 Å².